The van der Waals surface area contributed by atoms with E-state index in [1.165, 1.54) is 7.11 Å². The van der Waals surface area contributed by atoms with Crippen molar-refractivity contribution >= 4 is 28.1 Å². The van der Waals surface area contributed by atoms with E-state index in [9.17, 15) is 4.79 Å². The van der Waals surface area contributed by atoms with Crippen molar-refractivity contribution < 1.29 is 19.0 Å². The molecule has 0 saturated carbocycles. The molecule has 0 aliphatic heterocycles. The number of carbonyl (C=O) groups excluding carboxylic acids is 1. The summed E-state index contributed by atoms with van der Waals surface area (Å²) in [5, 5.41) is 4.03. The summed E-state index contributed by atoms with van der Waals surface area (Å²) in [5.41, 5.74) is 4.76. The molecule has 0 bridgehead atoms. The van der Waals surface area contributed by atoms with Gasteiger partial charge in [0.15, 0.2) is 11.5 Å². The van der Waals surface area contributed by atoms with Gasteiger partial charge in [0, 0.05) is 5.56 Å². The lowest BCUT2D eigenvalue weighted by Crippen LogP contribution is -2.17. The van der Waals surface area contributed by atoms with Crippen LogP contribution in [0.2, 0.25) is 0 Å². The number of rotatable bonds is 10. The number of hydrazone groups is 1. The molecule has 3 aromatic rings. The monoisotopic (exact) mass is 494 g/mol. The number of ether oxygens (including phenoxy) is 3. The first-order valence-electron chi connectivity index (χ1n) is 9.82. The van der Waals surface area contributed by atoms with E-state index in [0.29, 0.717) is 36.0 Å². The molecule has 7 heteroatoms. The minimum atomic E-state index is -0.362. The molecule has 32 heavy (non-hydrogen) atoms. The maximum Gasteiger partial charge on any atom is 0.271 e. The zero-order valence-electron chi connectivity index (χ0n) is 17.6. The maximum atomic E-state index is 12.5. The van der Waals surface area contributed by atoms with Crippen molar-refractivity contribution in [1.29, 1.82) is 0 Å². The molecule has 0 radical (unpaired) electrons. The van der Waals surface area contributed by atoms with Gasteiger partial charge in [-0.25, -0.2) is 5.43 Å². The quantitative estimate of drug-likeness (QED) is 0.234. The van der Waals surface area contributed by atoms with Crippen LogP contribution in [0.3, 0.4) is 0 Å². The van der Waals surface area contributed by atoms with Gasteiger partial charge in [0.05, 0.1) is 17.8 Å². The van der Waals surface area contributed by atoms with E-state index in [2.05, 4.69) is 33.0 Å². The Labute approximate surface area is 195 Å². The molecule has 0 heterocycles. The number of carbonyl (C=O) groups is 1. The summed E-state index contributed by atoms with van der Waals surface area (Å²) < 4.78 is 17.5. The van der Waals surface area contributed by atoms with Crippen LogP contribution < -0.4 is 19.6 Å². The largest absolute Gasteiger partial charge is 0.493 e. The minimum absolute atomic E-state index is 0.362. The standard InChI is InChI=1S/C25H23BrN2O4/c1-3-13-31-22-11-9-19(14-21(22)26)16-27-28-25(29)20-10-12-23(24(15-20)30-2)32-17-18-7-5-4-6-8-18/h3-12,14-16H,1,13,17H2,2H3,(H,28,29)/b27-16+. The van der Waals surface area contributed by atoms with Gasteiger partial charge >= 0.3 is 0 Å². The van der Waals surface area contributed by atoms with Gasteiger partial charge in [0.1, 0.15) is 19.0 Å². The topological polar surface area (TPSA) is 69.2 Å². The van der Waals surface area contributed by atoms with Crippen molar-refractivity contribution in [3.8, 4) is 17.2 Å². The third kappa shape index (κ3) is 6.46. The van der Waals surface area contributed by atoms with E-state index >= 15 is 0 Å². The Bertz CT molecular complexity index is 1100. The summed E-state index contributed by atoms with van der Waals surface area (Å²) in [6, 6.07) is 20.3. The van der Waals surface area contributed by atoms with E-state index in [0.717, 1.165) is 15.6 Å². The highest BCUT2D eigenvalue weighted by Gasteiger charge is 2.11. The molecular formula is C25H23BrN2O4. The molecule has 3 aromatic carbocycles. The van der Waals surface area contributed by atoms with E-state index in [1.807, 2.05) is 48.5 Å². The normalized spacial score (nSPS) is 10.6. The molecule has 6 nitrogen and oxygen atoms in total. The molecule has 0 spiro atoms. The molecule has 3 rings (SSSR count). The number of nitrogens with one attached hydrogen (secondary N) is 1. The summed E-state index contributed by atoms with van der Waals surface area (Å²) in [5.74, 6) is 1.36. The Morgan fingerprint density at radius 3 is 2.53 bits per heavy atom. The van der Waals surface area contributed by atoms with Crippen molar-refractivity contribution in [3.05, 3.63) is 101 Å². The molecule has 0 saturated heterocycles. The first-order valence-corrected chi connectivity index (χ1v) is 10.6. The fraction of sp³-hybridized carbons (Fsp3) is 0.120. The zero-order chi connectivity index (χ0) is 22.8. The molecule has 0 aromatic heterocycles. The number of hydrogen-bond donors (Lipinski definition) is 1. The average molecular weight is 495 g/mol. The van der Waals surface area contributed by atoms with Gasteiger partial charge in [-0.2, -0.15) is 5.10 Å². The number of benzene rings is 3. The first kappa shape index (κ1) is 23.1. The Kier molecular flexibility index (Phi) is 8.45. The smallest absolute Gasteiger partial charge is 0.271 e. The second kappa shape index (κ2) is 11.7. The predicted octanol–water partition coefficient (Wildman–Crippen LogP) is 5.37. The van der Waals surface area contributed by atoms with Crippen molar-refractivity contribution in [2.75, 3.05) is 13.7 Å². The summed E-state index contributed by atoms with van der Waals surface area (Å²) >= 11 is 3.45. The van der Waals surface area contributed by atoms with E-state index in [4.69, 9.17) is 14.2 Å². The molecule has 0 aliphatic carbocycles. The minimum Gasteiger partial charge on any atom is -0.493 e. The van der Waals surface area contributed by atoms with Crippen LogP contribution in [0.15, 0.2) is 89.0 Å². The third-order valence-electron chi connectivity index (χ3n) is 4.36. The van der Waals surface area contributed by atoms with E-state index in [-0.39, 0.29) is 5.91 Å². The van der Waals surface area contributed by atoms with E-state index < -0.39 is 0 Å². The van der Waals surface area contributed by atoms with Gasteiger partial charge in [-0.05, 0) is 63.5 Å². The highest BCUT2D eigenvalue weighted by atomic mass is 79.9. The molecule has 0 aliphatic rings. The SMILES string of the molecule is C=CCOc1ccc(/C=N/NC(=O)c2ccc(OCc3ccccc3)c(OC)c2)cc1Br. The zero-order valence-corrected chi connectivity index (χ0v) is 19.2. The first-order chi connectivity index (χ1) is 15.6. The molecule has 0 unspecified atom stereocenters. The van der Waals surface area contributed by atoms with E-state index in [1.54, 1.807) is 30.5 Å². The van der Waals surface area contributed by atoms with Crippen LogP contribution >= 0.6 is 15.9 Å². The highest BCUT2D eigenvalue weighted by Crippen LogP contribution is 2.29. The second-order valence-corrected chi connectivity index (χ2v) is 7.48. The summed E-state index contributed by atoms with van der Waals surface area (Å²) in [6.45, 7) is 4.45. The molecule has 0 fully saturated rings. The van der Waals surface area contributed by atoms with Crippen molar-refractivity contribution in [1.82, 2.24) is 5.43 Å². The van der Waals surface area contributed by atoms with Gasteiger partial charge in [0.25, 0.3) is 5.91 Å². The second-order valence-electron chi connectivity index (χ2n) is 6.63. The Hall–Kier alpha value is -3.58. The fourth-order valence-electron chi connectivity index (χ4n) is 2.76. The van der Waals surface area contributed by atoms with Crippen molar-refractivity contribution in [2.45, 2.75) is 6.61 Å². The summed E-state index contributed by atoms with van der Waals surface area (Å²) in [7, 11) is 1.53. The van der Waals surface area contributed by atoms with Crippen LogP contribution in [-0.4, -0.2) is 25.8 Å². The summed E-state index contributed by atoms with van der Waals surface area (Å²) in [4.78, 5) is 12.5. The maximum absolute atomic E-state index is 12.5. The van der Waals surface area contributed by atoms with Crippen LogP contribution in [0.5, 0.6) is 17.2 Å². The molecule has 164 valence electrons. The van der Waals surface area contributed by atoms with Gasteiger partial charge < -0.3 is 14.2 Å². The Balaban J connectivity index is 1.61. The number of hydrogen-bond acceptors (Lipinski definition) is 5. The molecule has 1 amide bonds. The van der Waals surface area contributed by atoms with Crippen LogP contribution in [0, 0.1) is 0 Å². The van der Waals surface area contributed by atoms with Gasteiger partial charge in [0.2, 0.25) is 0 Å². The highest BCUT2D eigenvalue weighted by molar-refractivity contribution is 9.10. The average Bonchev–Trinajstić information content (AvgIpc) is 2.82. The molecule has 1 N–H and O–H groups in total. The van der Waals surface area contributed by atoms with Gasteiger partial charge in [-0.1, -0.05) is 43.0 Å². The molecule has 0 atom stereocenters. The number of amides is 1. The van der Waals surface area contributed by atoms with Crippen LogP contribution in [0.25, 0.3) is 0 Å². The van der Waals surface area contributed by atoms with Crippen molar-refractivity contribution in [2.24, 2.45) is 5.10 Å². The van der Waals surface area contributed by atoms with Crippen LogP contribution in [0.1, 0.15) is 21.5 Å². The van der Waals surface area contributed by atoms with Crippen LogP contribution in [0.4, 0.5) is 0 Å². The van der Waals surface area contributed by atoms with Gasteiger partial charge in [-0.15, -0.1) is 0 Å². The van der Waals surface area contributed by atoms with Crippen molar-refractivity contribution in [3.63, 3.8) is 0 Å². The summed E-state index contributed by atoms with van der Waals surface area (Å²) in [6.07, 6.45) is 3.22. The number of methoxy groups -OCH3 is 1. The lowest BCUT2D eigenvalue weighted by Gasteiger charge is -2.12. The third-order valence-corrected chi connectivity index (χ3v) is 4.98. The number of halogens is 1. The lowest BCUT2D eigenvalue weighted by atomic mass is 10.2. The van der Waals surface area contributed by atoms with Crippen LogP contribution in [-0.2, 0) is 6.61 Å². The Morgan fingerprint density at radius 2 is 1.81 bits per heavy atom. The Morgan fingerprint density at radius 1 is 1.03 bits per heavy atom. The predicted molar refractivity (Wildman–Crippen MR) is 129 cm³/mol. The molecular weight excluding hydrogens is 472 g/mol. The fourth-order valence-corrected chi connectivity index (χ4v) is 3.27. The number of nitrogens with zero attached hydrogens (tertiary/aromatic N) is 1. The lowest BCUT2D eigenvalue weighted by molar-refractivity contribution is 0.0954. The van der Waals surface area contributed by atoms with Gasteiger partial charge in [-0.3, -0.25) is 4.79 Å².